The van der Waals surface area contributed by atoms with Crippen LogP contribution < -0.4 is 10.9 Å². The van der Waals surface area contributed by atoms with Gasteiger partial charge in [-0.15, -0.1) is 0 Å². The molecule has 1 amide bonds. The van der Waals surface area contributed by atoms with Crippen molar-refractivity contribution >= 4 is 40.2 Å². The van der Waals surface area contributed by atoms with Gasteiger partial charge in [-0.3, -0.25) is 14.2 Å². The van der Waals surface area contributed by atoms with E-state index in [4.69, 9.17) is 9.72 Å². The van der Waals surface area contributed by atoms with E-state index < -0.39 is 5.97 Å². The fraction of sp³-hybridized carbons (Fsp3) is 0.185. The molecule has 0 aliphatic heterocycles. The normalized spacial score (nSPS) is 11.0. The van der Waals surface area contributed by atoms with Crippen molar-refractivity contribution in [3.8, 4) is 5.69 Å². The average Bonchev–Trinajstić information content (AvgIpc) is 2.87. The van der Waals surface area contributed by atoms with Crippen LogP contribution in [0.5, 0.6) is 0 Å². The minimum absolute atomic E-state index is 0.0490. The molecule has 0 unspecified atom stereocenters. The van der Waals surface area contributed by atoms with Crippen LogP contribution in [0.3, 0.4) is 0 Å². The Hall–Kier alpha value is -3.91. The van der Waals surface area contributed by atoms with Gasteiger partial charge in [-0.2, -0.15) is 0 Å². The highest BCUT2D eigenvalue weighted by Gasteiger charge is 2.18. The standard InChI is InChI=1S/C27H25N3O4S/c1-17(2)20-8-5-7-11-23(20)30-25(32)21-9-4-6-10-22(21)29-27(30)35-16-24(31)28-19-14-12-18(13-15-19)26(33)34-3/h4-15,17H,16H2,1-3H3,(H,28,31). The third kappa shape index (κ3) is 5.27. The van der Waals surface area contributed by atoms with Gasteiger partial charge >= 0.3 is 5.97 Å². The molecular formula is C27H25N3O4S. The summed E-state index contributed by atoms with van der Waals surface area (Å²) in [5, 5.41) is 3.77. The maximum atomic E-state index is 13.5. The van der Waals surface area contributed by atoms with Crippen LogP contribution in [0.2, 0.25) is 0 Å². The van der Waals surface area contributed by atoms with Crippen LogP contribution in [-0.4, -0.2) is 34.3 Å². The minimum Gasteiger partial charge on any atom is -0.465 e. The summed E-state index contributed by atoms with van der Waals surface area (Å²) in [6.45, 7) is 4.15. The van der Waals surface area contributed by atoms with Crippen molar-refractivity contribution in [2.75, 3.05) is 18.2 Å². The summed E-state index contributed by atoms with van der Waals surface area (Å²) >= 11 is 1.20. The molecule has 7 nitrogen and oxygen atoms in total. The number of thioether (sulfide) groups is 1. The summed E-state index contributed by atoms with van der Waals surface area (Å²) in [6.07, 6.45) is 0. The topological polar surface area (TPSA) is 90.3 Å². The predicted octanol–water partition coefficient (Wildman–Crippen LogP) is 5.03. The molecule has 8 heteroatoms. The number of rotatable bonds is 7. The van der Waals surface area contributed by atoms with E-state index in [0.717, 1.165) is 11.3 Å². The second-order valence-corrected chi connectivity index (χ2v) is 9.11. The van der Waals surface area contributed by atoms with Crippen molar-refractivity contribution < 1.29 is 14.3 Å². The molecule has 0 aliphatic rings. The number of hydrogen-bond acceptors (Lipinski definition) is 6. The van der Waals surface area contributed by atoms with E-state index >= 15 is 0 Å². The highest BCUT2D eigenvalue weighted by Crippen LogP contribution is 2.27. The summed E-state index contributed by atoms with van der Waals surface area (Å²) in [7, 11) is 1.31. The quantitative estimate of drug-likeness (QED) is 0.223. The molecule has 0 spiro atoms. The van der Waals surface area contributed by atoms with Crippen LogP contribution in [-0.2, 0) is 9.53 Å². The number of nitrogens with zero attached hydrogens (tertiary/aromatic N) is 2. The smallest absolute Gasteiger partial charge is 0.337 e. The highest BCUT2D eigenvalue weighted by atomic mass is 32.2. The monoisotopic (exact) mass is 487 g/mol. The molecule has 1 N–H and O–H groups in total. The number of anilines is 1. The van der Waals surface area contributed by atoms with Crippen LogP contribution in [0.1, 0.15) is 35.7 Å². The number of para-hydroxylation sites is 2. The number of carbonyl (C=O) groups excluding carboxylic acids is 2. The summed E-state index contributed by atoms with van der Waals surface area (Å²) < 4.78 is 6.29. The molecule has 0 saturated carbocycles. The van der Waals surface area contributed by atoms with Crippen molar-refractivity contribution in [2.24, 2.45) is 0 Å². The van der Waals surface area contributed by atoms with Crippen LogP contribution in [0.4, 0.5) is 5.69 Å². The second kappa shape index (κ2) is 10.6. The number of benzene rings is 3. The Kier molecular flexibility index (Phi) is 7.31. The Morgan fingerprint density at radius 1 is 1.00 bits per heavy atom. The van der Waals surface area contributed by atoms with Crippen molar-refractivity contribution in [3.05, 3.63) is 94.3 Å². The van der Waals surface area contributed by atoms with Crippen LogP contribution in [0.15, 0.2) is 82.7 Å². The van der Waals surface area contributed by atoms with Gasteiger partial charge in [0, 0.05) is 5.69 Å². The van der Waals surface area contributed by atoms with Gasteiger partial charge in [0.15, 0.2) is 5.16 Å². The van der Waals surface area contributed by atoms with Crippen molar-refractivity contribution in [3.63, 3.8) is 0 Å². The predicted molar refractivity (Wildman–Crippen MR) is 139 cm³/mol. The molecule has 0 atom stereocenters. The van der Waals surface area contributed by atoms with Crippen molar-refractivity contribution in [1.29, 1.82) is 0 Å². The van der Waals surface area contributed by atoms with Crippen molar-refractivity contribution in [1.82, 2.24) is 9.55 Å². The molecule has 1 aromatic heterocycles. The Balaban J connectivity index is 1.64. The summed E-state index contributed by atoms with van der Waals surface area (Å²) in [5.74, 6) is -0.459. The molecule has 4 rings (SSSR count). The fourth-order valence-electron chi connectivity index (χ4n) is 3.74. The van der Waals surface area contributed by atoms with E-state index in [9.17, 15) is 14.4 Å². The Morgan fingerprint density at radius 2 is 1.69 bits per heavy atom. The molecular weight excluding hydrogens is 462 g/mol. The molecule has 0 aliphatic carbocycles. The lowest BCUT2D eigenvalue weighted by Gasteiger charge is -2.18. The first-order chi connectivity index (χ1) is 16.9. The second-order valence-electron chi connectivity index (χ2n) is 8.17. The number of fused-ring (bicyclic) bond motifs is 1. The number of aromatic nitrogens is 2. The summed E-state index contributed by atoms with van der Waals surface area (Å²) in [6, 6.07) is 21.4. The number of amides is 1. The van der Waals surface area contributed by atoms with E-state index in [1.54, 1.807) is 41.0 Å². The molecule has 0 fully saturated rings. The molecule has 178 valence electrons. The zero-order valence-corrected chi connectivity index (χ0v) is 20.5. The van der Waals surface area contributed by atoms with Gasteiger partial charge in [-0.1, -0.05) is 55.9 Å². The van der Waals surface area contributed by atoms with E-state index in [2.05, 4.69) is 19.2 Å². The molecule has 3 aromatic carbocycles. The van der Waals surface area contributed by atoms with E-state index in [1.807, 2.05) is 36.4 Å². The van der Waals surface area contributed by atoms with Gasteiger partial charge in [-0.05, 0) is 53.9 Å². The number of hydrogen-bond donors (Lipinski definition) is 1. The van der Waals surface area contributed by atoms with Crippen molar-refractivity contribution in [2.45, 2.75) is 24.9 Å². The Bertz CT molecular complexity index is 1450. The van der Waals surface area contributed by atoms with Gasteiger partial charge in [0.05, 0.1) is 35.0 Å². The lowest BCUT2D eigenvalue weighted by molar-refractivity contribution is -0.113. The number of carbonyl (C=O) groups is 2. The fourth-order valence-corrected chi connectivity index (χ4v) is 4.54. The first kappa shape index (κ1) is 24.2. The Morgan fingerprint density at radius 3 is 2.40 bits per heavy atom. The van der Waals surface area contributed by atoms with Crippen LogP contribution in [0.25, 0.3) is 16.6 Å². The zero-order chi connectivity index (χ0) is 24.9. The molecule has 0 radical (unpaired) electrons. The van der Waals surface area contributed by atoms with E-state index in [0.29, 0.717) is 27.3 Å². The zero-order valence-electron chi connectivity index (χ0n) is 19.6. The third-order valence-corrected chi connectivity index (χ3v) is 6.41. The minimum atomic E-state index is -0.444. The maximum Gasteiger partial charge on any atom is 0.337 e. The van der Waals surface area contributed by atoms with Crippen LogP contribution >= 0.6 is 11.8 Å². The largest absolute Gasteiger partial charge is 0.465 e. The van der Waals surface area contributed by atoms with E-state index in [-0.39, 0.29) is 23.1 Å². The number of nitrogens with one attached hydrogen (secondary N) is 1. The number of ether oxygens (including phenoxy) is 1. The molecule has 0 saturated heterocycles. The first-order valence-electron chi connectivity index (χ1n) is 11.1. The number of esters is 1. The van der Waals surface area contributed by atoms with Crippen LogP contribution in [0, 0.1) is 0 Å². The van der Waals surface area contributed by atoms with Gasteiger partial charge in [0.2, 0.25) is 5.91 Å². The van der Waals surface area contributed by atoms with Gasteiger partial charge < -0.3 is 10.1 Å². The van der Waals surface area contributed by atoms with E-state index in [1.165, 1.54) is 18.9 Å². The summed E-state index contributed by atoms with van der Waals surface area (Å²) in [5.41, 5.74) is 3.13. The summed E-state index contributed by atoms with van der Waals surface area (Å²) in [4.78, 5) is 42.6. The lowest BCUT2D eigenvalue weighted by atomic mass is 10.0. The third-order valence-electron chi connectivity index (χ3n) is 5.47. The molecule has 4 aromatic rings. The SMILES string of the molecule is COC(=O)c1ccc(NC(=O)CSc2nc3ccccc3c(=O)n2-c2ccccc2C(C)C)cc1. The number of methoxy groups -OCH3 is 1. The maximum absolute atomic E-state index is 13.5. The van der Waals surface area contributed by atoms with Gasteiger partial charge in [-0.25, -0.2) is 9.78 Å². The van der Waals surface area contributed by atoms with Gasteiger partial charge in [0.25, 0.3) is 5.56 Å². The highest BCUT2D eigenvalue weighted by molar-refractivity contribution is 7.99. The molecule has 35 heavy (non-hydrogen) atoms. The lowest BCUT2D eigenvalue weighted by Crippen LogP contribution is -2.24. The Labute approximate surface area is 207 Å². The molecule has 0 bridgehead atoms. The first-order valence-corrected chi connectivity index (χ1v) is 12.1. The molecule has 1 heterocycles. The average molecular weight is 488 g/mol. The van der Waals surface area contributed by atoms with Gasteiger partial charge in [0.1, 0.15) is 0 Å².